The first kappa shape index (κ1) is 9.51. The molecule has 0 saturated heterocycles. The van der Waals surface area contributed by atoms with Crippen LogP contribution in [0, 0.1) is 11.8 Å². The lowest BCUT2D eigenvalue weighted by molar-refractivity contribution is -0.00898. The van der Waals surface area contributed by atoms with E-state index in [0.717, 1.165) is 18.8 Å². The number of rotatable bonds is 4. The minimum atomic E-state index is -0.283. The normalized spacial score (nSPS) is 29.1. The van der Waals surface area contributed by atoms with Gasteiger partial charge in [0.25, 0.3) is 0 Å². The highest BCUT2D eigenvalue weighted by atomic mass is 16.3. The molecule has 0 heterocycles. The summed E-state index contributed by atoms with van der Waals surface area (Å²) in [5.41, 5.74) is -0.283. The van der Waals surface area contributed by atoms with Gasteiger partial charge in [-0.05, 0) is 37.5 Å². The molecule has 0 spiro atoms. The molecule has 1 unspecified atom stereocenters. The highest BCUT2D eigenvalue weighted by molar-refractivity contribution is 4.95. The van der Waals surface area contributed by atoms with E-state index in [4.69, 9.17) is 0 Å². The van der Waals surface area contributed by atoms with Crippen LogP contribution in [0.1, 0.15) is 58.3 Å². The van der Waals surface area contributed by atoms with Gasteiger partial charge in [0.15, 0.2) is 0 Å². The second-order valence-corrected chi connectivity index (χ2v) is 5.09. The second-order valence-electron chi connectivity index (χ2n) is 5.09. The minimum absolute atomic E-state index is 0.283. The van der Waals surface area contributed by atoms with Crippen LogP contribution in [0.4, 0.5) is 0 Å². The van der Waals surface area contributed by atoms with Crippen molar-refractivity contribution in [3.63, 3.8) is 0 Å². The van der Waals surface area contributed by atoms with Crippen LogP contribution in [0.2, 0.25) is 0 Å². The zero-order valence-electron chi connectivity index (χ0n) is 8.76. The van der Waals surface area contributed by atoms with Gasteiger partial charge in [-0.15, -0.1) is 0 Å². The highest BCUT2D eigenvalue weighted by Crippen LogP contribution is 2.46. The molecule has 0 aromatic heterocycles. The predicted octanol–water partition coefficient (Wildman–Crippen LogP) is 3.12. The standard InChI is InChI=1S/C12H22O/c1-2-12(13,11-7-8-11)9-10-5-3-4-6-10/h10-11,13H,2-9H2,1H3. The summed E-state index contributed by atoms with van der Waals surface area (Å²) in [7, 11) is 0. The molecule has 2 fully saturated rings. The van der Waals surface area contributed by atoms with Crippen LogP contribution >= 0.6 is 0 Å². The molecule has 0 radical (unpaired) electrons. The maximum atomic E-state index is 10.4. The van der Waals surface area contributed by atoms with E-state index in [1.165, 1.54) is 38.5 Å². The van der Waals surface area contributed by atoms with Gasteiger partial charge < -0.3 is 5.11 Å². The van der Waals surface area contributed by atoms with Gasteiger partial charge in [0.2, 0.25) is 0 Å². The SMILES string of the molecule is CCC(O)(CC1CCCC1)C1CC1. The van der Waals surface area contributed by atoms with Crippen LogP contribution in [0.25, 0.3) is 0 Å². The first-order chi connectivity index (χ1) is 6.24. The van der Waals surface area contributed by atoms with E-state index in [9.17, 15) is 5.11 Å². The zero-order valence-corrected chi connectivity index (χ0v) is 8.76. The summed E-state index contributed by atoms with van der Waals surface area (Å²) in [6.07, 6.45) is 10.1. The first-order valence-electron chi connectivity index (χ1n) is 5.97. The van der Waals surface area contributed by atoms with Gasteiger partial charge in [-0.2, -0.15) is 0 Å². The van der Waals surface area contributed by atoms with Crippen molar-refractivity contribution < 1.29 is 5.11 Å². The Morgan fingerprint density at radius 3 is 2.23 bits per heavy atom. The monoisotopic (exact) mass is 182 g/mol. The van der Waals surface area contributed by atoms with Crippen molar-refractivity contribution in [1.29, 1.82) is 0 Å². The van der Waals surface area contributed by atoms with Gasteiger partial charge in [-0.25, -0.2) is 0 Å². The molecule has 0 aromatic carbocycles. The van der Waals surface area contributed by atoms with Gasteiger partial charge in [-0.3, -0.25) is 0 Å². The van der Waals surface area contributed by atoms with E-state index in [-0.39, 0.29) is 5.60 Å². The Hall–Kier alpha value is -0.0400. The van der Waals surface area contributed by atoms with Crippen LogP contribution < -0.4 is 0 Å². The summed E-state index contributed by atoms with van der Waals surface area (Å²) in [5.74, 6) is 1.49. The van der Waals surface area contributed by atoms with E-state index < -0.39 is 0 Å². The van der Waals surface area contributed by atoms with Gasteiger partial charge in [0.1, 0.15) is 0 Å². The van der Waals surface area contributed by atoms with Crippen molar-refractivity contribution in [2.75, 3.05) is 0 Å². The van der Waals surface area contributed by atoms with Gasteiger partial charge in [0, 0.05) is 0 Å². The third-order valence-corrected chi connectivity index (χ3v) is 4.07. The maximum Gasteiger partial charge on any atom is 0.0675 e. The lowest BCUT2D eigenvalue weighted by atomic mass is 9.84. The van der Waals surface area contributed by atoms with Crippen LogP contribution in [-0.2, 0) is 0 Å². The van der Waals surface area contributed by atoms with Crippen molar-refractivity contribution in [2.24, 2.45) is 11.8 Å². The second kappa shape index (κ2) is 3.61. The number of aliphatic hydroxyl groups is 1. The molecule has 1 nitrogen and oxygen atoms in total. The summed E-state index contributed by atoms with van der Waals surface area (Å²) in [6.45, 7) is 2.15. The van der Waals surface area contributed by atoms with Gasteiger partial charge >= 0.3 is 0 Å². The Morgan fingerprint density at radius 1 is 1.15 bits per heavy atom. The summed E-state index contributed by atoms with van der Waals surface area (Å²) in [6, 6.07) is 0. The van der Waals surface area contributed by atoms with E-state index in [1.807, 2.05) is 0 Å². The molecule has 13 heavy (non-hydrogen) atoms. The molecule has 2 aliphatic carbocycles. The first-order valence-corrected chi connectivity index (χ1v) is 5.97. The summed E-state index contributed by atoms with van der Waals surface area (Å²) in [5, 5.41) is 10.4. The van der Waals surface area contributed by atoms with Gasteiger partial charge in [-0.1, -0.05) is 32.6 Å². The molecule has 76 valence electrons. The third-order valence-electron chi connectivity index (χ3n) is 4.07. The van der Waals surface area contributed by atoms with Crippen LogP contribution in [0.5, 0.6) is 0 Å². The minimum Gasteiger partial charge on any atom is -0.390 e. The largest absolute Gasteiger partial charge is 0.390 e. The maximum absolute atomic E-state index is 10.4. The molecule has 2 aliphatic rings. The lowest BCUT2D eigenvalue weighted by Gasteiger charge is -2.29. The summed E-state index contributed by atoms with van der Waals surface area (Å²) in [4.78, 5) is 0. The third kappa shape index (κ3) is 2.07. The number of hydrogen-bond acceptors (Lipinski definition) is 1. The smallest absolute Gasteiger partial charge is 0.0675 e. The van der Waals surface area contributed by atoms with E-state index in [1.54, 1.807) is 0 Å². The lowest BCUT2D eigenvalue weighted by Crippen LogP contribution is -2.32. The quantitative estimate of drug-likeness (QED) is 0.708. The molecule has 1 heteroatoms. The fourth-order valence-corrected chi connectivity index (χ4v) is 2.93. The molecule has 1 N–H and O–H groups in total. The van der Waals surface area contributed by atoms with E-state index >= 15 is 0 Å². The zero-order chi connectivity index (χ0) is 9.31. The van der Waals surface area contributed by atoms with Crippen molar-refractivity contribution in [1.82, 2.24) is 0 Å². The van der Waals surface area contributed by atoms with Crippen molar-refractivity contribution >= 4 is 0 Å². The average Bonchev–Trinajstić information content (AvgIpc) is 2.88. The Labute approximate surface area is 81.5 Å². The van der Waals surface area contributed by atoms with Crippen LogP contribution in [-0.4, -0.2) is 10.7 Å². The highest BCUT2D eigenvalue weighted by Gasteiger charge is 2.43. The molecular formula is C12H22O. The Bertz CT molecular complexity index is 168. The fourth-order valence-electron chi connectivity index (χ4n) is 2.93. The van der Waals surface area contributed by atoms with Crippen LogP contribution in [0.3, 0.4) is 0 Å². The topological polar surface area (TPSA) is 20.2 Å². The summed E-state index contributed by atoms with van der Waals surface area (Å²) >= 11 is 0. The van der Waals surface area contributed by atoms with Crippen LogP contribution in [0.15, 0.2) is 0 Å². The molecule has 0 aromatic rings. The fraction of sp³-hybridized carbons (Fsp3) is 1.00. The average molecular weight is 182 g/mol. The van der Waals surface area contributed by atoms with E-state index in [0.29, 0.717) is 5.92 Å². The van der Waals surface area contributed by atoms with Crippen molar-refractivity contribution in [2.45, 2.75) is 63.9 Å². The number of hydrogen-bond donors (Lipinski definition) is 1. The Balaban J connectivity index is 1.88. The Morgan fingerprint density at radius 2 is 1.77 bits per heavy atom. The molecule has 1 atom stereocenters. The van der Waals surface area contributed by atoms with Gasteiger partial charge in [0.05, 0.1) is 5.60 Å². The Kier molecular flexibility index (Phi) is 2.64. The van der Waals surface area contributed by atoms with E-state index in [2.05, 4.69) is 6.92 Å². The molecule has 0 aliphatic heterocycles. The van der Waals surface area contributed by atoms with Crippen molar-refractivity contribution in [3.05, 3.63) is 0 Å². The molecule has 2 saturated carbocycles. The molecule has 0 bridgehead atoms. The molecule has 2 rings (SSSR count). The molecular weight excluding hydrogens is 160 g/mol. The molecule has 0 amide bonds. The summed E-state index contributed by atoms with van der Waals surface area (Å²) < 4.78 is 0. The predicted molar refractivity (Wildman–Crippen MR) is 54.5 cm³/mol. The van der Waals surface area contributed by atoms with Crippen molar-refractivity contribution in [3.8, 4) is 0 Å².